The van der Waals surface area contributed by atoms with Crippen LogP contribution in [0.2, 0.25) is 0 Å². The molecule has 238 valence electrons. The van der Waals surface area contributed by atoms with E-state index < -0.39 is 71.4 Å². The standard InChI is InChI=1S/C31H55NO9/c1-13-22-31(9,37)26(35)18(4)23(33)16(2)15-30(7,8)27(19(5)24(34)20(6)28(36)40-22)41-29-25(38-12)21(32(10)11)14-17(3)39-29/h16-22,25-27,29,35,37H,13-15H2,1-12H3/t16?,17-,18?,19?,20?,21?,22-,25?,26?,27?,29?,31?/m1/s1. The highest BCUT2D eigenvalue weighted by Gasteiger charge is 2.50. The van der Waals surface area contributed by atoms with E-state index >= 15 is 0 Å². The normalized spacial score (nSPS) is 43.5. The van der Waals surface area contributed by atoms with Gasteiger partial charge in [-0.2, -0.15) is 0 Å². The lowest BCUT2D eigenvalue weighted by Crippen LogP contribution is -2.58. The van der Waals surface area contributed by atoms with Crippen LogP contribution in [0.5, 0.6) is 0 Å². The highest BCUT2D eigenvalue weighted by Crippen LogP contribution is 2.41. The number of aliphatic hydroxyl groups excluding tert-OH is 1. The number of cyclic esters (lactones) is 1. The van der Waals surface area contributed by atoms with Crippen molar-refractivity contribution >= 4 is 17.5 Å². The minimum atomic E-state index is -1.90. The van der Waals surface area contributed by atoms with Crippen LogP contribution < -0.4 is 0 Å². The second kappa shape index (κ2) is 13.9. The molecule has 10 nitrogen and oxygen atoms in total. The molecule has 2 aliphatic heterocycles. The largest absolute Gasteiger partial charge is 0.459 e. The van der Waals surface area contributed by atoms with E-state index in [0.717, 1.165) is 6.42 Å². The molecule has 12 atom stereocenters. The first-order valence-electron chi connectivity index (χ1n) is 15.0. The van der Waals surface area contributed by atoms with Crippen molar-refractivity contribution in [1.82, 2.24) is 4.90 Å². The predicted molar refractivity (Wildman–Crippen MR) is 154 cm³/mol. The molecule has 2 fully saturated rings. The number of hydrogen-bond donors (Lipinski definition) is 2. The first-order valence-corrected chi connectivity index (χ1v) is 15.0. The fraction of sp³-hybridized carbons (Fsp3) is 0.903. The third-order valence-corrected chi connectivity index (χ3v) is 9.38. The SMILES string of the molecule is CC[C@H]1OC(=O)C(C)C(=O)C(C)C(OC2O[C@H](C)CC(N(C)C)C2OC)C(C)(C)CC(C)C(=O)C(C)C(O)C1(C)O. The van der Waals surface area contributed by atoms with Crippen molar-refractivity contribution in [3.8, 4) is 0 Å². The number of hydrogen-bond acceptors (Lipinski definition) is 10. The topological polar surface area (TPSA) is 132 Å². The Hall–Kier alpha value is -1.43. The van der Waals surface area contributed by atoms with Gasteiger partial charge in [0.15, 0.2) is 12.1 Å². The molecule has 0 bridgehead atoms. The van der Waals surface area contributed by atoms with E-state index in [-0.39, 0.29) is 30.1 Å². The van der Waals surface area contributed by atoms with Gasteiger partial charge in [-0.05, 0) is 59.5 Å². The minimum absolute atomic E-state index is 0.0110. The highest BCUT2D eigenvalue weighted by atomic mass is 16.7. The number of Topliss-reactive ketones (excluding diaryl/α,β-unsaturated/α-hetero) is 2. The first kappa shape index (κ1) is 35.8. The van der Waals surface area contributed by atoms with Crippen molar-refractivity contribution in [3.63, 3.8) is 0 Å². The Morgan fingerprint density at radius 2 is 1.59 bits per heavy atom. The van der Waals surface area contributed by atoms with E-state index in [9.17, 15) is 24.6 Å². The van der Waals surface area contributed by atoms with Crippen molar-refractivity contribution in [1.29, 1.82) is 0 Å². The van der Waals surface area contributed by atoms with E-state index in [0.29, 0.717) is 6.42 Å². The van der Waals surface area contributed by atoms with Gasteiger partial charge < -0.3 is 34.1 Å². The van der Waals surface area contributed by atoms with Crippen LogP contribution in [0.25, 0.3) is 0 Å². The number of rotatable bonds is 5. The second-order valence-corrected chi connectivity index (χ2v) is 13.5. The van der Waals surface area contributed by atoms with Crippen molar-refractivity contribution in [2.24, 2.45) is 29.1 Å². The van der Waals surface area contributed by atoms with Gasteiger partial charge in [0, 0.05) is 30.9 Å². The maximum atomic E-state index is 13.8. The second-order valence-electron chi connectivity index (χ2n) is 13.5. The molecule has 0 saturated carbocycles. The molecule has 0 amide bonds. The summed E-state index contributed by atoms with van der Waals surface area (Å²) in [4.78, 5) is 42.7. The Labute approximate surface area is 246 Å². The molecule has 10 heteroatoms. The van der Waals surface area contributed by atoms with E-state index in [1.807, 2.05) is 34.9 Å². The Morgan fingerprint density at radius 1 is 1.00 bits per heavy atom. The van der Waals surface area contributed by atoms with Crippen LogP contribution in [0.4, 0.5) is 0 Å². The molecule has 0 radical (unpaired) electrons. The molecule has 0 aromatic carbocycles. The summed E-state index contributed by atoms with van der Waals surface area (Å²) in [5.74, 6) is -4.78. The van der Waals surface area contributed by atoms with Gasteiger partial charge in [-0.15, -0.1) is 0 Å². The number of ketones is 2. The molecule has 0 aliphatic carbocycles. The van der Waals surface area contributed by atoms with Crippen LogP contribution in [0.1, 0.15) is 81.6 Å². The summed E-state index contributed by atoms with van der Waals surface area (Å²) in [5, 5.41) is 22.4. The van der Waals surface area contributed by atoms with Gasteiger partial charge in [0.25, 0.3) is 0 Å². The summed E-state index contributed by atoms with van der Waals surface area (Å²) in [7, 11) is 5.55. The molecule has 2 rings (SSSR count). The Morgan fingerprint density at radius 3 is 2.10 bits per heavy atom. The Balaban J connectivity index is 2.58. The van der Waals surface area contributed by atoms with Gasteiger partial charge in [-0.1, -0.05) is 41.5 Å². The van der Waals surface area contributed by atoms with Crippen molar-refractivity contribution in [2.45, 2.75) is 130 Å². The summed E-state index contributed by atoms with van der Waals surface area (Å²) < 4.78 is 24.4. The fourth-order valence-electron chi connectivity index (χ4n) is 6.85. The number of ether oxygens (including phenoxy) is 4. The van der Waals surface area contributed by atoms with Crippen LogP contribution >= 0.6 is 0 Å². The predicted octanol–water partition coefficient (Wildman–Crippen LogP) is 3.00. The molecule has 10 unspecified atom stereocenters. The molecule has 0 aromatic heterocycles. The van der Waals surface area contributed by atoms with Crippen LogP contribution in [0, 0.1) is 29.1 Å². The number of esters is 1. The number of carbonyl (C=O) groups excluding carboxylic acids is 3. The molecule has 0 aromatic rings. The van der Waals surface area contributed by atoms with Crippen LogP contribution in [0.3, 0.4) is 0 Å². The van der Waals surface area contributed by atoms with E-state index in [1.165, 1.54) is 13.8 Å². The lowest BCUT2D eigenvalue weighted by molar-refractivity contribution is -0.289. The number of aliphatic hydroxyl groups is 2. The summed E-state index contributed by atoms with van der Waals surface area (Å²) in [6, 6.07) is 0.0110. The molecule has 0 spiro atoms. The summed E-state index contributed by atoms with van der Waals surface area (Å²) in [6.07, 6.45) is -3.43. The molecule has 2 aliphatic rings. The molecular formula is C31H55NO9. The maximum Gasteiger partial charge on any atom is 0.316 e. The average Bonchev–Trinajstić information content (AvgIpc) is 2.90. The third kappa shape index (κ3) is 7.75. The van der Waals surface area contributed by atoms with Gasteiger partial charge in [0.05, 0.1) is 18.3 Å². The van der Waals surface area contributed by atoms with Gasteiger partial charge in [0.1, 0.15) is 29.5 Å². The number of nitrogens with zero attached hydrogens (tertiary/aromatic N) is 1. The van der Waals surface area contributed by atoms with Gasteiger partial charge in [0.2, 0.25) is 0 Å². The highest BCUT2D eigenvalue weighted by molar-refractivity contribution is 6.00. The quantitative estimate of drug-likeness (QED) is 0.367. The fourth-order valence-corrected chi connectivity index (χ4v) is 6.85. The summed E-state index contributed by atoms with van der Waals surface area (Å²) in [5.41, 5.74) is -2.64. The molecule has 2 saturated heterocycles. The maximum absolute atomic E-state index is 13.8. The monoisotopic (exact) mass is 585 g/mol. The van der Waals surface area contributed by atoms with E-state index in [1.54, 1.807) is 34.8 Å². The minimum Gasteiger partial charge on any atom is -0.459 e. The van der Waals surface area contributed by atoms with Crippen LogP contribution in [-0.4, -0.2) is 102 Å². The first-order chi connectivity index (χ1) is 18.8. The summed E-state index contributed by atoms with van der Waals surface area (Å²) in [6.45, 7) is 15.5. The molecule has 2 N–H and O–H groups in total. The van der Waals surface area contributed by atoms with E-state index in [2.05, 4.69) is 4.90 Å². The number of carbonyl (C=O) groups is 3. The van der Waals surface area contributed by atoms with Gasteiger partial charge >= 0.3 is 5.97 Å². The Bertz CT molecular complexity index is 919. The van der Waals surface area contributed by atoms with Gasteiger partial charge in [-0.3, -0.25) is 14.4 Å². The van der Waals surface area contributed by atoms with Crippen molar-refractivity contribution in [3.05, 3.63) is 0 Å². The Kier molecular flexibility index (Phi) is 12.1. The molecule has 41 heavy (non-hydrogen) atoms. The molecular weight excluding hydrogens is 530 g/mol. The van der Waals surface area contributed by atoms with E-state index in [4.69, 9.17) is 18.9 Å². The number of methoxy groups -OCH3 is 1. The zero-order valence-corrected chi connectivity index (χ0v) is 27.2. The molecule has 2 heterocycles. The lowest BCUT2D eigenvalue weighted by Gasteiger charge is -2.47. The van der Waals surface area contributed by atoms with Gasteiger partial charge in [-0.25, -0.2) is 0 Å². The lowest BCUT2D eigenvalue weighted by atomic mass is 9.69. The van der Waals surface area contributed by atoms with Crippen LogP contribution in [0.15, 0.2) is 0 Å². The average molecular weight is 586 g/mol. The van der Waals surface area contributed by atoms with Crippen molar-refractivity contribution < 1.29 is 43.5 Å². The van der Waals surface area contributed by atoms with Crippen LogP contribution in [-0.2, 0) is 33.3 Å². The van der Waals surface area contributed by atoms with Crippen molar-refractivity contribution in [2.75, 3.05) is 21.2 Å². The summed E-state index contributed by atoms with van der Waals surface area (Å²) >= 11 is 0. The number of likely N-dealkylation sites (N-methyl/N-ethyl adjacent to an activating group) is 1. The smallest absolute Gasteiger partial charge is 0.316 e. The third-order valence-electron chi connectivity index (χ3n) is 9.38. The zero-order valence-electron chi connectivity index (χ0n) is 27.2. The zero-order chi connectivity index (χ0) is 31.6.